The highest BCUT2D eigenvalue weighted by Crippen LogP contribution is 2.38. The first-order valence-electron chi connectivity index (χ1n) is 4.58. The Morgan fingerprint density at radius 1 is 1.29 bits per heavy atom. The van der Waals surface area contributed by atoms with Gasteiger partial charge in [-0.25, -0.2) is 0 Å². The van der Waals surface area contributed by atoms with Crippen LogP contribution in [-0.2, 0) is 19.1 Å². The van der Waals surface area contributed by atoms with Crippen LogP contribution in [0, 0.1) is 17.8 Å². The van der Waals surface area contributed by atoms with Crippen molar-refractivity contribution in [2.75, 3.05) is 0 Å². The lowest BCUT2D eigenvalue weighted by atomic mass is 9.72. The number of carboxylic acids is 1. The van der Waals surface area contributed by atoms with E-state index < -0.39 is 29.7 Å². The number of carbonyl (C=O) groups is 3. The van der Waals surface area contributed by atoms with Gasteiger partial charge in [-0.2, -0.15) is 0 Å². The minimum Gasteiger partial charge on any atom is -0.481 e. The van der Waals surface area contributed by atoms with Crippen LogP contribution in [0.1, 0.15) is 19.3 Å². The van der Waals surface area contributed by atoms with Gasteiger partial charge in [-0.3, -0.25) is 14.4 Å². The molecule has 1 saturated heterocycles. The molecule has 3 unspecified atom stereocenters. The third-order valence-corrected chi connectivity index (χ3v) is 3.00. The third kappa shape index (κ3) is 1.29. The molecule has 2 fully saturated rings. The maximum absolute atomic E-state index is 11.2. The SMILES string of the molecule is O=C1OC(=O)C2CC1CCC2C(=O)O. The van der Waals surface area contributed by atoms with Crippen LogP contribution < -0.4 is 0 Å². The Bertz CT molecular complexity index is 308. The van der Waals surface area contributed by atoms with Crippen molar-refractivity contribution in [1.29, 1.82) is 0 Å². The quantitative estimate of drug-likeness (QED) is 0.480. The van der Waals surface area contributed by atoms with Crippen LogP contribution in [0.2, 0.25) is 0 Å². The van der Waals surface area contributed by atoms with Gasteiger partial charge in [-0.1, -0.05) is 0 Å². The molecule has 0 aromatic heterocycles. The minimum absolute atomic E-state index is 0.270. The molecule has 0 aromatic carbocycles. The van der Waals surface area contributed by atoms with Gasteiger partial charge in [-0.05, 0) is 19.3 Å². The Hall–Kier alpha value is -1.39. The molecule has 2 rings (SSSR count). The Balaban J connectivity index is 2.21. The van der Waals surface area contributed by atoms with E-state index in [1.54, 1.807) is 0 Å². The van der Waals surface area contributed by atoms with E-state index in [1.165, 1.54) is 0 Å². The molecule has 0 amide bonds. The van der Waals surface area contributed by atoms with Crippen LogP contribution >= 0.6 is 0 Å². The second-order valence-electron chi connectivity index (χ2n) is 3.80. The van der Waals surface area contributed by atoms with Gasteiger partial charge in [0.05, 0.1) is 17.8 Å². The summed E-state index contributed by atoms with van der Waals surface area (Å²) in [5, 5.41) is 8.84. The summed E-state index contributed by atoms with van der Waals surface area (Å²) in [6.45, 7) is 0. The molecule has 0 radical (unpaired) electrons. The summed E-state index contributed by atoms with van der Waals surface area (Å²) in [5.74, 6) is -3.70. The standard InChI is InChI=1S/C9H10O5/c10-7(11)5-2-1-4-3-6(5)9(13)14-8(4)12/h4-6H,1-3H2,(H,10,11). The van der Waals surface area contributed by atoms with Gasteiger partial charge >= 0.3 is 17.9 Å². The summed E-state index contributed by atoms with van der Waals surface area (Å²) in [6.07, 6.45) is 1.25. The van der Waals surface area contributed by atoms with Crippen molar-refractivity contribution >= 4 is 17.9 Å². The lowest BCUT2D eigenvalue weighted by Gasteiger charge is -2.34. The Morgan fingerprint density at radius 2 is 2.00 bits per heavy atom. The summed E-state index contributed by atoms with van der Waals surface area (Å²) in [4.78, 5) is 33.1. The van der Waals surface area contributed by atoms with Crippen molar-refractivity contribution in [3.8, 4) is 0 Å². The van der Waals surface area contributed by atoms with E-state index in [0.29, 0.717) is 19.3 Å². The molecule has 2 bridgehead atoms. The first-order chi connectivity index (χ1) is 6.59. The maximum Gasteiger partial charge on any atom is 0.317 e. The number of aliphatic carboxylic acids is 1. The number of fused-ring (bicyclic) bond motifs is 2. The number of esters is 2. The van der Waals surface area contributed by atoms with Crippen LogP contribution in [0.15, 0.2) is 0 Å². The zero-order chi connectivity index (χ0) is 10.3. The maximum atomic E-state index is 11.2. The average Bonchev–Trinajstić information content (AvgIpc) is 2.14. The van der Waals surface area contributed by atoms with E-state index in [-0.39, 0.29) is 5.92 Å². The third-order valence-electron chi connectivity index (χ3n) is 3.00. The number of carboxylic acid groups (broad SMARTS) is 1. The summed E-state index contributed by atoms with van der Waals surface area (Å²) in [6, 6.07) is 0. The average molecular weight is 198 g/mol. The van der Waals surface area contributed by atoms with Gasteiger partial charge in [0, 0.05) is 0 Å². The van der Waals surface area contributed by atoms with Crippen LogP contribution in [0.25, 0.3) is 0 Å². The molecular formula is C9H10O5. The molecule has 0 spiro atoms. The molecule has 0 aromatic rings. The molecule has 76 valence electrons. The minimum atomic E-state index is -0.972. The predicted molar refractivity (Wildman–Crippen MR) is 43.1 cm³/mol. The van der Waals surface area contributed by atoms with Crippen molar-refractivity contribution in [3.63, 3.8) is 0 Å². The van der Waals surface area contributed by atoms with Gasteiger partial charge in [0.25, 0.3) is 0 Å². The summed E-state index contributed by atoms with van der Waals surface area (Å²) < 4.78 is 4.49. The highest BCUT2D eigenvalue weighted by atomic mass is 16.6. The molecule has 5 nitrogen and oxygen atoms in total. The van der Waals surface area contributed by atoms with E-state index in [4.69, 9.17) is 5.11 Å². The van der Waals surface area contributed by atoms with Crippen LogP contribution in [0.3, 0.4) is 0 Å². The fourth-order valence-corrected chi connectivity index (χ4v) is 2.20. The van der Waals surface area contributed by atoms with Gasteiger partial charge < -0.3 is 9.84 Å². The first-order valence-corrected chi connectivity index (χ1v) is 4.58. The first kappa shape index (κ1) is 9.18. The van der Waals surface area contributed by atoms with Crippen molar-refractivity contribution in [3.05, 3.63) is 0 Å². The second kappa shape index (κ2) is 3.08. The summed E-state index contributed by atoms with van der Waals surface area (Å²) in [7, 11) is 0. The largest absolute Gasteiger partial charge is 0.481 e. The number of hydrogen-bond donors (Lipinski definition) is 1. The zero-order valence-corrected chi connectivity index (χ0v) is 7.43. The topological polar surface area (TPSA) is 80.7 Å². The van der Waals surface area contributed by atoms with Crippen molar-refractivity contribution < 1.29 is 24.2 Å². The fraction of sp³-hybridized carbons (Fsp3) is 0.667. The predicted octanol–water partition coefficient (Wildman–Crippen LogP) is 0.187. The molecule has 2 aliphatic rings. The van der Waals surface area contributed by atoms with Gasteiger partial charge in [0.1, 0.15) is 0 Å². The molecule has 1 heterocycles. The number of ether oxygens (including phenoxy) is 1. The number of hydrogen-bond acceptors (Lipinski definition) is 4. The molecule has 5 heteroatoms. The van der Waals surface area contributed by atoms with E-state index >= 15 is 0 Å². The molecule has 1 aliphatic carbocycles. The normalized spacial score (nSPS) is 36.4. The summed E-state index contributed by atoms with van der Waals surface area (Å²) >= 11 is 0. The second-order valence-corrected chi connectivity index (χ2v) is 3.80. The smallest absolute Gasteiger partial charge is 0.317 e. The molecule has 1 N–H and O–H groups in total. The van der Waals surface area contributed by atoms with Crippen LogP contribution in [0.4, 0.5) is 0 Å². The van der Waals surface area contributed by atoms with Gasteiger partial charge in [0.15, 0.2) is 0 Å². The molecule has 14 heavy (non-hydrogen) atoms. The van der Waals surface area contributed by atoms with E-state index in [9.17, 15) is 14.4 Å². The van der Waals surface area contributed by atoms with Crippen LogP contribution in [-0.4, -0.2) is 23.0 Å². The van der Waals surface area contributed by atoms with Gasteiger partial charge in [-0.15, -0.1) is 0 Å². The lowest BCUT2D eigenvalue weighted by Crippen LogP contribution is -2.44. The summed E-state index contributed by atoms with van der Waals surface area (Å²) in [5.41, 5.74) is 0. The Morgan fingerprint density at radius 3 is 2.64 bits per heavy atom. The van der Waals surface area contributed by atoms with E-state index in [0.717, 1.165) is 0 Å². The number of cyclic esters (lactones) is 2. The molecule has 3 atom stereocenters. The van der Waals surface area contributed by atoms with Crippen molar-refractivity contribution in [2.24, 2.45) is 17.8 Å². The van der Waals surface area contributed by atoms with Crippen LogP contribution in [0.5, 0.6) is 0 Å². The van der Waals surface area contributed by atoms with Crippen molar-refractivity contribution in [2.45, 2.75) is 19.3 Å². The highest BCUT2D eigenvalue weighted by molar-refractivity contribution is 5.93. The zero-order valence-electron chi connectivity index (χ0n) is 7.43. The molecule has 1 aliphatic heterocycles. The molecular weight excluding hydrogens is 188 g/mol. The molecule has 1 saturated carbocycles. The van der Waals surface area contributed by atoms with Gasteiger partial charge in [0.2, 0.25) is 0 Å². The fourth-order valence-electron chi connectivity index (χ4n) is 2.20. The number of rotatable bonds is 1. The highest BCUT2D eigenvalue weighted by Gasteiger charge is 2.47. The number of carbonyl (C=O) groups excluding carboxylic acids is 2. The Labute approximate surface area is 80.0 Å². The van der Waals surface area contributed by atoms with Crippen molar-refractivity contribution in [1.82, 2.24) is 0 Å². The monoisotopic (exact) mass is 198 g/mol. The van der Waals surface area contributed by atoms with E-state index in [2.05, 4.69) is 4.74 Å². The Kier molecular flexibility index (Phi) is 2.02. The van der Waals surface area contributed by atoms with E-state index in [1.807, 2.05) is 0 Å². The lowest BCUT2D eigenvalue weighted by molar-refractivity contribution is -0.180.